The van der Waals surface area contributed by atoms with Crippen molar-refractivity contribution in [2.75, 3.05) is 16.8 Å². The molecule has 0 saturated carbocycles. The van der Waals surface area contributed by atoms with Crippen LogP contribution in [0.3, 0.4) is 0 Å². The van der Waals surface area contributed by atoms with Crippen LogP contribution in [0.1, 0.15) is 22.8 Å². The summed E-state index contributed by atoms with van der Waals surface area (Å²) >= 11 is 5.88. The number of aromatic nitrogens is 1. The molecule has 0 atom stereocenters. The van der Waals surface area contributed by atoms with Crippen LogP contribution in [0.25, 0.3) is 0 Å². The minimum atomic E-state index is -0.197. The summed E-state index contributed by atoms with van der Waals surface area (Å²) in [5.74, 6) is -0.197. The third-order valence-corrected chi connectivity index (χ3v) is 4.30. The fourth-order valence-electron chi connectivity index (χ4n) is 2.65. The Morgan fingerprint density at radius 3 is 2.50 bits per heavy atom. The van der Waals surface area contributed by atoms with E-state index < -0.39 is 0 Å². The lowest BCUT2D eigenvalue weighted by Crippen LogP contribution is -2.23. The first-order valence-electron chi connectivity index (χ1n) is 8.46. The maximum absolute atomic E-state index is 12.5. The number of carbonyl (C=O) groups is 1. The minimum Gasteiger partial charge on any atom is -0.366 e. The lowest BCUT2D eigenvalue weighted by molar-refractivity contribution is 0.102. The second-order valence-corrected chi connectivity index (χ2v) is 6.33. The topological polar surface area (TPSA) is 45.2 Å². The van der Waals surface area contributed by atoms with E-state index >= 15 is 0 Å². The summed E-state index contributed by atoms with van der Waals surface area (Å²) in [7, 11) is 0. The highest BCUT2D eigenvalue weighted by molar-refractivity contribution is 6.30. The molecule has 1 N–H and O–H groups in total. The van der Waals surface area contributed by atoms with Crippen molar-refractivity contribution in [1.82, 2.24) is 4.98 Å². The van der Waals surface area contributed by atoms with Crippen LogP contribution in [0.15, 0.2) is 73.1 Å². The number of benzene rings is 2. The Balaban J connectivity index is 1.75. The Kier molecular flexibility index (Phi) is 5.87. The van der Waals surface area contributed by atoms with Gasteiger partial charge in [-0.2, -0.15) is 0 Å². The van der Waals surface area contributed by atoms with Gasteiger partial charge in [-0.1, -0.05) is 41.9 Å². The number of anilines is 2. The Morgan fingerprint density at radius 2 is 1.81 bits per heavy atom. The predicted octanol–water partition coefficient (Wildman–Crippen LogP) is 5.01. The normalized spacial score (nSPS) is 10.4. The molecule has 0 aliphatic rings. The molecule has 3 rings (SSSR count). The number of rotatable bonds is 6. The van der Waals surface area contributed by atoms with Crippen LogP contribution in [0.5, 0.6) is 0 Å². The van der Waals surface area contributed by atoms with Crippen LogP contribution < -0.4 is 10.2 Å². The van der Waals surface area contributed by atoms with Crippen molar-refractivity contribution in [2.24, 2.45) is 0 Å². The van der Waals surface area contributed by atoms with Gasteiger partial charge in [-0.15, -0.1) is 0 Å². The first-order chi connectivity index (χ1) is 12.7. The van der Waals surface area contributed by atoms with Gasteiger partial charge in [-0.3, -0.25) is 9.78 Å². The van der Waals surface area contributed by atoms with Crippen molar-refractivity contribution in [3.05, 3.63) is 89.2 Å². The molecule has 0 aliphatic carbocycles. The van der Waals surface area contributed by atoms with E-state index in [1.165, 1.54) is 5.56 Å². The Hall–Kier alpha value is -2.85. The zero-order chi connectivity index (χ0) is 18.4. The Labute approximate surface area is 158 Å². The summed E-state index contributed by atoms with van der Waals surface area (Å²) in [6, 6.07) is 19.1. The largest absolute Gasteiger partial charge is 0.366 e. The van der Waals surface area contributed by atoms with Crippen LogP contribution >= 0.6 is 11.6 Å². The van der Waals surface area contributed by atoms with Gasteiger partial charge in [0.1, 0.15) is 0 Å². The summed E-state index contributed by atoms with van der Waals surface area (Å²) < 4.78 is 0. The van der Waals surface area contributed by atoms with Gasteiger partial charge in [-0.25, -0.2) is 0 Å². The molecule has 0 unspecified atom stereocenters. The van der Waals surface area contributed by atoms with E-state index in [2.05, 4.69) is 34.3 Å². The molecular formula is C21H20ClN3O. The Bertz CT molecular complexity index is 866. The number of nitrogens with one attached hydrogen (secondary N) is 1. The number of hydrogen-bond acceptors (Lipinski definition) is 3. The van der Waals surface area contributed by atoms with E-state index in [4.69, 9.17) is 11.6 Å². The van der Waals surface area contributed by atoms with Gasteiger partial charge in [-0.05, 0) is 42.8 Å². The molecule has 0 radical (unpaired) electrons. The molecule has 3 aromatic rings. The third-order valence-electron chi connectivity index (χ3n) is 4.05. The van der Waals surface area contributed by atoms with Crippen LogP contribution in [-0.2, 0) is 6.54 Å². The fourth-order valence-corrected chi connectivity index (χ4v) is 2.78. The van der Waals surface area contributed by atoms with Crippen molar-refractivity contribution >= 4 is 28.9 Å². The highest BCUT2D eigenvalue weighted by atomic mass is 35.5. The molecule has 0 bridgehead atoms. The molecule has 0 fully saturated rings. The first-order valence-corrected chi connectivity index (χ1v) is 8.84. The van der Waals surface area contributed by atoms with E-state index in [0.29, 0.717) is 16.3 Å². The molecule has 1 aromatic heterocycles. The molecule has 132 valence electrons. The monoisotopic (exact) mass is 365 g/mol. The van der Waals surface area contributed by atoms with Gasteiger partial charge >= 0.3 is 0 Å². The number of nitrogens with zero attached hydrogens (tertiary/aromatic N) is 2. The van der Waals surface area contributed by atoms with Gasteiger partial charge in [0.15, 0.2) is 0 Å². The summed E-state index contributed by atoms with van der Waals surface area (Å²) in [5.41, 5.74) is 3.34. The quantitative estimate of drug-likeness (QED) is 0.667. The number of pyridine rings is 1. The number of halogens is 1. The average Bonchev–Trinajstić information content (AvgIpc) is 2.69. The maximum Gasteiger partial charge on any atom is 0.257 e. The van der Waals surface area contributed by atoms with Gasteiger partial charge < -0.3 is 10.2 Å². The van der Waals surface area contributed by atoms with Crippen molar-refractivity contribution in [1.29, 1.82) is 0 Å². The molecule has 2 aromatic carbocycles. The van der Waals surface area contributed by atoms with Crippen molar-refractivity contribution in [3.63, 3.8) is 0 Å². The highest BCUT2D eigenvalue weighted by Crippen LogP contribution is 2.19. The molecule has 26 heavy (non-hydrogen) atoms. The predicted molar refractivity (Wildman–Crippen MR) is 107 cm³/mol. The maximum atomic E-state index is 12.5. The summed E-state index contributed by atoms with van der Waals surface area (Å²) in [5, 5.41) is 3.49. The zero-order valence-corrected chi connectivity index (χ0v) is 15.3. The SMILES string of the molecule is CCN(Cc1ccccc1)c1cncc(C(=O)Nc2ccc(Cl)cc2)c1. The van der Waals surface area contributed by atoms with Gasteiger partial charge in [0, 0.05) is 30.0 Å². The smallest absolute Gasteiger partial charge is 0.257 e. The van der Waals surface area contributed by atoms with Crippen molar-refractivity contribution in [3.8, 4) is 0 Å². The first kappa shape index (κ1) is 18.0. The molecule has 0 spiro atoms. The number of hydrogen-bond donors (Lipinski definition) is 1. The minimum absolute atomic E-state index is 0.197. The molecule has 1 amide bonds. The van der Waals surface area contributed by atoms with Gasteiger partial charge in [0.2, 0.25) is 0 Å². The molecule has 0 aliphatic heterocycles. The van der Waals surface area contributed by atoms with Crippen LogP contribution in [0.2, 0.25) is 5.02 Å². The van der Waals surface area contributed by atoms with Crippen molar-refractivity contribution < 1.29 is 4.79 Å². The molecule has 0 saturated heterocycles. The number of amides is 1. The second-order valence-electron chi connectivity index (χ2n) is 5.89. The fraction of sp³-hybridized carbons (Fsp3) is 0.143. The van der Waals surface area contributed by atoms with E-state index in [0.717, 1.165) is 18.8 Å². The van der Waals surface area contributed by atoms with Crippen LogP contribution in [0.4, 0.5) is 11.4 Å². The second kappa shape index (κ2) is 8.50. The van der Waals surface area contributed by atoms with E-state index in [9.17, 15) is 4.79 Å². The summed E-state index contributed by atoms with van der Waals surface area (Å²) in [4.78, 5) is 18.9. The van der Waals surface area contributed by atoms with Crippen molar-refractivity contribution in [2.45, 2.75) is 13.5 Å². The lowest BCUT2D eigenvalue weighted by Gasteiger charge is -2.23. The zero-order valence-electron chi connectivity index (χ0n) is 14.5. The van der Waals surface area contributed by atoms with Crippen LogP contribution in [0, 0.1) is 0 Å². The van der Waals surface area contributed by atoms with E-state index in [-0.39, 0.29) is 5.91 Å². The summed E-state index contributed by atoms with van der Waals surface area (Å²) in [6.45, 7) is 3.67. The van der Waals surface area contributed by atoms with E-state index in [1.54, 1.807) is 36.7 Å². The molecule has 1 heterocycles. The Morgan fingerprint density at radius 1 is 1.08 bits per heavy atom. The van der Waals surface area contributed by atoms with E-state index in [1.807, 2.05) is 24.3 Å². The summed E-state index contributed by atoms with van der Waals surface area (Å²) in [6.07, 6.45) is 3.36. The average molecular weight is 366 g/mol. The molecular weight excluding hydrogens is 346 g/mol. The lowest BCUT2D eigenvalue weighted by atomic mass is 10.2. The highest BCUT2D eigenvalue weighted by Gasteiger charge is 2.11. The molecule has 5 heteroatoms. The number of carbonyl (C=O) groups excluding carboxylic acids is 1. The molecule has 4 nitrogen and oxygen atoms in total. The van der Waals surface area contributed by atoms with Crippen LogP contribution in [-0.4, -0.2) is 17.4 Å². The standard InChI is InChI=1S/C21H20ClN3O/c1-2-25(15-16-6-4-3-5-7-16)20-12-17(13-23-14-20)21(26)24-19-10-8-18(22)9-11-19/h3-14H,2,15H2,1H3,(H,24,26). The van der Waals surface area contributed by atoms with Gasteiger partial charge in [0.05, 0.1) is 17.4 Å². The third kappa shape index (κ3) is 4.61. The van der Waals surface area contributed by atoms with Gasteiger partial charge in [0.25, 0.3) is 5.91 Å².